The summed E-state index contributed by atoms with van der Waals surface area (Å²) in [4.78, 5) is 66.5. The molecule has 1 aromatic rings. The van der Waals surface area contributed by atoms with Crippen LogP contribution in [0.1, 0.15) is 19.0 Å². The molecule has 5 unspecified atom stereocenters. The number of amides is 4. The predicted molar refractivity (Wildman–Crippen MR) is 113 cm³/mol. The fourth-order valence-electron chi connectivity index (χ4n) is 2.45. The molecule has 15 heteroatoms. The maximum absolute atomic E-state index is 12.6. The number of aliphatic carboxylic acids is 1. The summed E-state index contributed by atoms with van der Waals surface area (Å²) >= 11 is 3.97. The number of H-pyrrole nitrogens is 1. The predicted octanol–water partition coefficient (Wildman–Crippen LogP) is -4.00. The van der Waals surface area contributed by atoms with Gasteiger partial charge in [-0.05, 0) is 6.92 Å². The first-order valence-electron chi connectivity index (χ1n) is 9.40. The summed E-state index contributed by atoms with van der Waals surface area (Å²) < 4.78 is 0. The van der Waals surface area contributed by atoms with Crippen LogP contribution in [0.15, 0.2) is 12.5 Å². The van der Waals surface area contributed by atoms with Crippen molar-refractivity contribution in [2.75, 3.05) is 5.75 Å². The number of nitrogens with zero attached hydrogens (tertiary/aromatic N) is 1. The number of primary amides is 1. The van der Waals surface area contributed by atoms with Crippen molar-refractivity contribution in [1.82, 2.24) is 25.9 Å². The van der Waals surface area contributed by atoms with Gasteiger partial charge in [0.05, 0.1) is 18.9 Å². The van der Waals surface area contributed by atoms with Gasteiger partial charge in [-0.3, -0.25) is 19.2 Å². The van der Waals surface area contributed by atoms with Gasteiger partial charge < -0.3 is 42.6 Å². The first-order valence-corrected chi connectivity index (χ1v) is 10.0. The maximum atomic E-state index is 12.6. The zero-order valence-corrected chi connectivity index (χ0v) is 18.0. The third-order valence-corrected chi connectivity index (χ3v) is 4.63. The second kappa shape index (κ2) is 12.6. The minimum Gasteiger partial charge on any atom is -0.480 e. The number of aromatic nitrogens is 2. The van der Waals surface area contributed by atoms with Crippen LogP contribution in [-0.2, 0) is 30.4 Å². The Morgan fingerprint density at radius 2 is 1.66 bits per heavy atom. The fourth-order valence-corrected chi connectivity index (χ4v) is 2.71. The number of carboxylic acids is 1. The molecule has 5 atom stereocenters. The highest BCUT2D eigenvalue weighted by Gasteiger charge is 2.31. The number of nitrogens with two attached hydrogens (primary N) is 2. The van der Waals surface area contributed by atoms with E-state index in [2.05, 4.69) is 38.5 Å². The Labute approximate surface area is 188 Å². The molecular formula is C17H27N7O7S. The molecule has 1 heterocycles. The molecule has 1 aromatic heterocycles. The average molecular weight is 474 g/mol. The van der Waals surface area contributed by atoms with Gasteiger partial charge in [-0.15, -0.1) is 0 Å². The molecule has 10 N–H and O–H groups in total. The van der Waals surface area contributed by atoms with E-state index in [9.17, 15) is 34.2 Å². The van der Waals surface area contributed by atoms with Gasteiger partial charge in [-0.1, -0.05) is 0 Å². The molecule has 0 spiro atoms. The van der Waals surface area contributed by atoms with Crippen LogP contribution in [0.2, 0.25) is 0 Å². The number of carbonyl (C=O) groups is 5. The first-order chi connectivity index (χ1) is 15.0. The Morgan fingerprint density at radius 1 is 1.09 bits per heavy atom. The molecule has 0 aromatic carbocycles. The van der Waals surface area contributed by atoms with Gasteiger partial charge in [0.2, 0.25) is 23.6 Å². The molecule has 1 rings (SSSR count). The summed E-state index contributed by atoms with van der Waals surface area (Å²) in [5.74, 6) is -5.21. The quantitative estimate of drug-likeness (QED) is 0.127. The van der Waals surface area contributed by atoms with Crippen molar-refractivity contribution < 1.29 is 34.2 Å². The third-order valence-electron chi connectivity index (χ3n) is 4.27. The summed E-state index contributed by atoms with van der Waals surface area (Å²) in [6, 6.07) is -5.49. The summed E-state index contributed by atoms with van der Waals surface area (Å²) in [5.41, 5.74) is 11.1. The third kappa shape index (κ3) is 8.52. The lowest BCUT2D eigenvalue weighted by Crippen LogP contribution is -2.59. The highest BCUT2D eigenvalue weighted by molar-refractivity contribution is 7.80. The number of hydrogen-bond donors (Lipinski definition) is 9. The molecular weight excluding hydrogens is 446 g/mol. The molecule has 0 aliphatic heterocycles. The topological polar surface area (TPSA) is 243 Å². The molecule has 14 nitrogen and oxygen atoms in total. The monoisotopic (exact) mass is 473 g/mol. The van der Waals surface area contributed by atoms with E-state index in [0.29, 0.717) is 5.69 Å². The Hall–Kier alpha value is -3.17. The molecule has 32 heavy (non-hydrogen) atoms. The van der Waals surface area contributed by atoms with Gasteiger partial charge in [-0.2, -0.15) is 12.6 Å². The highest BCUT2D eigenvalue weighted by Crippen LogP contribution is 2.02. The SMILES string of the molecule is CC(O)C(N)C(=O)NC(CS)C(=O)NC(CC(N)=O)C(=O)NC(Cc1cnc[nH]1)C(=O)O. The first kappa shape index (κ1) is 26.9. The lowest BCUT2D eigenvalue weighted by Gasteiger charge is -2.24. The van der Waals surface area contributed by atoms with Crippen molar-refractivity contribution in [3.8, 4) is 0 Å². The Balaban J connectivity index is 2.89. The van der Waals surface area contributed by atoms with Crippen LogP contribution in [0.25, 0.3) is 0 Å². The Bertz CT molecular complexity index is 818. The standard InChI is InChI=1S/C17H27N7O7S/c1-7(25)13(19)16(29)24-11(5-32)15(28)22-9(3-12(18)26)14(27)23-10(17(30)31)2-8-4-20-6-21-8/h4,6-7,9-11,13,25,32H,2-3,5,19H2,1H3,(H2,18,26)(H,20,21)(H,22,28)(H,23,27)(H,24,29)(H,30,31). The van der Waals surface area contributed by atoms with E-state index in [1.807, 2.05) is 0 Å². The largest absolute Gasteiger partial charge is 0.480 e. The van der Waals surface area contributed by atoms with Gasteiger partial charge in [0.1, 0.15) is 24.2 Å². The maximum Gasteiger partial charge on any atom is 0.326 e. The molecule has 0 saturated carbocycles. The molecule has 0 aliphatic rings. The van der Waals surface area contributed by atoms with Crippen LogP contribution >= 0.6 is 12.6 Å². The molecule has 4 amide bonds. The second-order valence-corrected chi connectivity index (χ2v) is 7.29. The number of imidazole rings is 1. The lowest BCUT2D eigenvalue weighted by atomic mass is 10.1. The van der Waals surface area contributed by atoms with E-state index in [1.165, 1.54) is 19.4 Å². The number of hydrogen-bond acceptors (Lipinski definition) is 9. The van der Waals surface area contributed by atoms with Crippen molar-refractivity contribution in [1.29, 1.82) is 0 Å². The molecule has 0 bridgehead atoms. The van der Waals surface area contributed by atoms with Crippen molar-refractivity contribution in [2.24, 2.45) is 11.5 Å². The van der Waals surface area contributed by atoms with E-state index in [-0.39, 0.29) is 12.2 Å². The lowest BCUT2D eigenvalue weighted by molar-refractivity contribution is -0.142. The Morgan fingerprint density at radius 3 is 2.12 bits per heavy atom. The van der Waals surface area contributed by atoms with Crippen molar-refractivity contribution in [3.05, 3.63) is 18.2 Å². The normalized spacial score (nSPS) is 15.5. The van der Waals surface area contributed by atoms with Crippen molar-refractivity contribution in [3.63, 3.8) is 0 Å². The van der Waals surface area contributed by atoms with Crippen LogP contribution in [0.4, 0.5) is 0 Å². The number of rotatable bonds is 13. The van der Waals surface area contributed by atoms with Gasteiger partial charge in [-0.25, -0.2) is 9.78 Å². The molecule has 178 valence electrons. The summed E-state index contributed by atoms with van der Waals surface area (Å²) in [7, 11) is 0. The second-order valence-electron chi connectivity index (χ2n) is 6.92. The number of carbonyl (C=O) groups excluding carboxylic acids is 4. The van der Waals surface area contributed by atoms with Crippen LogP contribution in [-0.4, -0.2) is 85.8 Å². The van der Waals surface area contributed by atoms with E-state index in [4.69, 9.17) is 11.5 Å². The van der Waals surface area contributed by atoms with Gasteiger partial charge >= 0.3 is 5.97 Å². The molecule has 0 fully saturated rings. The minimum atomic E-state index is -1.52. The van der Waals surface area contributed by atoms with Crippen molar-refractivity contribution in [2.45, 2.75) is 50.0 Å². The van der Waals surface area contributed by atoms with E-state index in [0.717, 1.165) is 0 Å². The van der Waals surface area contributed by atoms with Crippen LogP contribution < -0.4 is 27.4 Å². The van der Waals surface area contributed by atoms with Gasteiger partial charge in [0.15, 0.2) is 0 Å². The van der Waals surface area contributed by atoms with E-state index >= 15 is 0 Å². The molecule has 0 aliphatic carbocycles. The highest BCUT2D eigenvalue weighted by atomic mass is 32.1. The average Bonchev–Trinajstić information content (AvgIpc) is 3.22. The minimum absolute atomic E-state index is 0.134. The number of aliphatic hydroxyl groups is 1. The fraction of sp³-hybridized carbons (Fsp3) is 0.529. The molecule has 0 saturated heterocycles. The summed E-state index contributed by atoms with van der Waals surface area (Å²) in [5, 5.41) is 25.5. The van der Waals surface area contributed by atoms with Crippen LogP contribution in [0.3, 0.4) is 0 Å². The number of aromatic amines is 1. The molecule has 0 radical (unpaired) electrons. The summed E-state index contributed by atoms with van der Waals surface area (Å²) in [6.07, 6.45) is 0.763. The number of nitrogens with one attached hydrogen (secondary N) is 4. The Kier molecular flexibility index (Phi) is 10.6. The summed E-state index contributed by atoms with van der Waals surface area (Å²) in [6.45, 7) is 1.29. The smallest absolute Gasteiger partial charge is 0.326 e. The van der Waals surface area contributed by atoms with Crippen LogP contribution in [0.5, 0.6) is 0 Å². The van der Waals surface area contributed by atoms with Gasteiger partial charge in [0, 0.05) is 24.1 Å². The van der Waals surface area contributed by atoms with E-state index in [1.54, 1.807) is 0 Å². The number of carboxylic acid groups (broad SMARTS) is 1. The van der Waals surface area contributed by atoms with Gasteiger partial charge in [0.25, 0.3) is 0 Å². The van der Waals surface area contributed by atoms with Crippen LogP contribution in [0, 0.1) is 0 Å². The number of thiol groups is 1. The van der Waals surface area contributed by atoms with E-state index < -0.39 is 66.3 Å². The number of aliphatic hydroxyl groups excluding tert-OH is 1. The zero-order valence-electron chi connectivity index (χ0n) is 17.1. The van der Waals surface area contributed by atoms with Crippen molar-refractivity contribution >= 4 is 42.2 Å². The zero-order chi connectivity index (χ0) is 24.4.